The van der Waals surface area contributed by atoms with Crippen molar-refractivity contribution in [2.45, 2.75) is 0 Å². The van der Waals surface area contributed by atoms with Gasteiger partial charge in [-0.2, -0.15) is 0 Å². The summed E-state index contributed by atoms with van der Waals surface area (Å²) in [6.45, 7) is 0. The van der Waals surface area contributed by atoms with Crippen LogP contribution in [0.15, 0.2) is 52.7 Å². The molecule has 0 atom stereocenters. The van der Waals surface area contributed by atoms with E-state index in [1.54, 1.807) is 12.1 Å². The molecule has 9 heteroatoms. The molecule has 0 bridgehead atoms. The van der Waals surface area contributed by atoms with E-state index in [4.69, 9.17) is 40.5 Å². The Hall–Kier alpha value is -1.18. The lowest BCUT2D eigenvalue weighted by molar-refractivity contribution is -0.00000432. The zero-order valence-corrected chi connectivity index (χ0v) is 16.6. The Bertz CT molecular complexity index is 861. The second kappa shape index (κ2) is 8.27. The predicted molar refractivity (Wildman–Crippen MR) is 97.6 cm³/mol. The molecule has 0 aliphatic rings. The molecular weight excluding hydrogens is 455 g/mol. The van der Waals surface area contributed by atoms with E-state index in [0.29, 0.717) is 36.6 Å². The second-order valence-electron chi connectivity index (χ2n) is 4.49. The molecule has 2 aromatic carbocycles. The molecular formula is C15H9BrCl3N4S-. The van der Waals surface area contributed by atoms with Crippen LogP contribution in [0.25, 0.3) is 11.3 Å². The highest BCUT2D eigenvalue weighted by atomic mass is 79.9. The molecule has 0 aliphatic carbocycles. The van der Waals surface area contributed by atoms with Gasteiger partial charge in [0.05, 0.1) is 10.0 Å². The molecule has 0 saturated carbocycles. The maximum absolute atomic E-state index is 6.10. The molecule has 0 saturated heterocycles. The van der Waals surface area contributed by atoms with E-state index in [9.17, 15) is 0 Å². The molecule has 124 valence electrons. The van der Waals surface area contributed by atoms with Crippen molar-refractivity contribution < 1.29 is 17.0 Å². The summed E-state index contributed by atoms with van der Waals surface area (Å²) in [4.78, 5) is 4.31. The predicted octanol–water partition coefficient (Wildman–Crippen LogP) is 3.77. The quantitative estimate of drug-likeness (QED) is 0.601. The highest BCUT2D eigenvalue weighted by Gasteiger charge is 2.12. The third-order valence-electron chi connectivity index (χ3n) is 2.90. The average Bonchev–Trinajstić information content (AvgIpc) is 2.88. The second-order valence-corrected chi connectivity index (χ2v) is 6.75. The van der Waals surface area contributed by atoms with Crippen molar-refractivity contribution in [3.63, 3.8) is 0 Å². The zero-order valence-electron chi connectivity index (χ0n) is 11.9. The lowest BCUT2D eigenvalue weighted by Gasteiger charge is -2.01. The lowest BCUT2D eigenvalue weighted by atomic mass is 10.2. The number of thiazole rings is 1. The van der Waals surface area contributed by atoms with Gasteiger partial charge in [0, 0.05) is 10.6 Å². The summed E-state index contributed by atoms with van der Waals surface area (Å²) in [7, 11) is 0. The largest absolute Gasteiger partial charge is 1.00 e. The minimum absolute atomic E-state index is 0. The van der Waals surface area contributed by atoms with Crippen molar-refractivity contribution >= 4 is 62.0 Å². The fourth-order valence-electron chi connectivity index (χ4n) is 1.91. The Labute approximate surface area is 168 Å². The smallest absolute Gasteiger partial charge is 0.182 e. The standard InChI is InChI=1S/C15H9Cl3N4S.BrH/c16-9-6-10(17)13(11(18)7-9)21-22-14-12(20-15(19)23-14)8-4-2-1-3-5-8;/h1-7H,(H2,19,20);1H/p-1. The molecule has 0 radical (unpaired) electrons. The first-order valence-corrected chi connectivity index (χ1v) is 8.37. The van der Waals surface area contributed by atoms with E-state index in [1.807, 2.05) is 30.3 Å². The highest BCUT2D eigenvalue weighted by Crippen LogP contribution is 2.40. The van der Waals surface area contributed by atoms with Crippen LogP contribution in [-0.2, 0) is 0 Å². The summed E-state index contributed by atoms with van der Waals surface area (Å²) in [5.41, 5.74) is 7.72. The Kier molecular flexibility index (Phi) is 6.60. The molecule has 0 amide bonds. The van der Waals surface area contributed by atoms with Crippen LogP contribution in [0.4, 0.5) is 15.8 Å². The van der Waals surface area contributed by atoms with Gasteiger partial charge in [0.15, 0.2) is 10.1 Å². The van der Waals surface area contributed by atoms with Crippen LogP contribution in [0.2, 0.25) is 15.1 Å². The molecule has 3 aromatic rings. The lowest BCUT2D eigenvalue weighted by Crippen LogP contribution is -3.00. The molecule has 2 N–H and O–H groups in total. The maximum Gasteiger partial charge on any atom is 0.182 e. The van der Waals surface area contributed by atoms with Crippen LogP contribution in [-0.4, -0.2) is 4.98 Å². The van der Waals surface area contributed by atoms with Crippen LogP contribution in [0, 0.1) is 0 Å². The first-order valence-electron chi connectivity index (χ1n) is 6.42. The van der Waals surface area contributed by atoms with E-state index >= 15 is 0 Å². The van der Waals surface area contributed by atoms with Crippen molar-refractivity contribution in [2.75, 3.05) is 5.73 Å². The van der Waals surface area contributed by atoms with Crippen LogP contribution in [0.3, 0.4) is 0 Å². The van der Waals surface area contributed by atoms with Gasteiger partial charge < -0.3 is 22.7 Å². The van der Waals surface area contributed by atoms with Crippen molar-refractivity contribution in [1.82, 2.24) is 4.98 Å². The molecule has 3 rings (SSSR count). The van der Waals surface area contributed by atoms with Crippen molar-refractivity contribution in [2.24, 2.45) is 10.2 Å². The van der Waals surface area contributed by atoms with Gasteiger partial charge in [-0.15, -0.1) is 10.2 Å². The topological polar surface area (TPSA) is 63.6 Å². The number of halogens is 4. The van der Waals surface area contributed by atoms with Crippen LogP contribution < -0.4 is 22.7 Å². The number of benzene rings is 2. The van der Waals surface area contributed by atoms with Crippen molar-refractivity contribution in [3.8, 4) is 11.3 Å². The number of nitrogens with zero attached hydrogens (tertiary/aromatic N) is 3. The number of nitrogen functional groups attached to an aromatic ring is 1. The van der Waals surface area contributed by atoms with Gasteiger partial charge in [-0.3, -0.25) is 0 Å². The molecule has 24 heavy (non-hydrogen) atoms. The van der Waals surface area contributed by atoms with Gasteiger partial charge in [-0.1, -0.05) is 76.5 Å². The summed E-state index contributed by atoms with van der Waals surface area (Å²) in [6, 6.07) is 12.7. The molecule has 0 spiro atoms. The average molecular weight is 464 g/mol. The Morgan fingerprint density at radius 1 is 0.958 bits per heavy atom. The fraction of sp³-hybridized carbons (Fsp3) is 0. The van der Waals surface area contributed by atoms with E-state index in [-0.39, 0.29) is 17.0 Å². The van der Waals surface area contributed by atoms with E-state index in [0.717, 1.165) is 5.56 Å². The van der Waals surface area contributed by atoms with Crippen molar-refractivity contribution in [1.29, 1.82) is 0 Å². The molecule has 0 unspecified atom stereocenters. The normalized spacial score (nSPS) is 10.8. The first kappa shape index (κ1) is 19.1. The first-order chi connectivity index (χ1) is 11.0. The number of rotatable bonds is 3. The Morgan fingerprint density at radius 2 is 1.58 bits per heavy atom. The third kappa shape index (κ3) is 4.26. The van der Waals surface area contributed by atoms with Gasteiger partial charge >= 0.3 is 0 Å². The summed E-state index contributed by atoms with van der Waals surface area (Å²) in [5, 5.41) is 10.4. The number of nitrogens with two attached hydrogens (primary N) is 1. The van der Waals surface area contributed by atoms with Gasteiger partial charge in [0.25, 0.3) is 0 Å². The van der Waals surface area contributed by atoms with E-state index < -0.39 is 0 Å². The SMILES string of the molecule is Nc1nc(-c2ccccc2)c(N=Nc2c(Cl)cc(Cl)cc2Cl)s1.[Br-]. The summed E-state index contributed by atoms with van der Waals surface area (Å²) in [5.74, 6) is 0. The number of hydrogen-bond acceptors (Lipinski definition) is 5. The van der Waals surface area contributed by atoms with Crippen molar-refractivity contribution in [3.05, 3.63) is 57.5 Å². The highest BCUT2D eigenvalue weighted by molar-refractivity contribution is 7.19. The van der Waals surface area contributed by atoms with Crippen LogP contribution >= 0.6 is 46.1 Å². The Morgan fingerprint density at radius 3 is 2.21 bits per heavy atom. The maximum atomic E-state index is 6.10. The summed E-state index contributed by atoms with van der Waals surface area (Å²) in [6.07, 6.45) is 0. The van der Waals surface area contributed by atoms with E-state index in [1.165, 1.54) is 11.3 Å². The summed E-state index contributed by atoms with van der Waals surface area (Å²) >= 11 is 19.3. The minimum atomic E-state index is 0. The van der Waals surface area contributed by atoms with E-state index in [2.05, 4.69) is 15.2 Å². The van der Waals surface area contributed by atoms with Gasteiger partial charge in [0.1, 0.15) is 11.4 Å². The van der Waals surface area contributed by atoms with Gasteiger partial charge in [-0.05, 0) is 12.1 Å². The number of aromatic nitrogens is 1. The molecule has 4 nitrogen and oxygen atoms in total. The monoisotopic (exact) mass is 461 g/mol. The number of anilines is 1. The number of azo groups is 1. The van der Waals surface area contributed by atoms with Crippen LogP contribution in [0.1, 0.15) is 0 Å². The fourth-order valence-corrected chi connectivity index (χ4v) is 3.47. The summed E-state index contributed by atoms with van der Waals surface area (Å²) < 4.78 is 0. The van der Waals surface area contributed by atoms with Gasteiger partial charge in [-0.25, -0.2) is 4.98 Å². The molecule has 1 aromatic heterocycles. The number of hydrogen-bond donors (Lipinski definition) is 1. The van der Waals surface area contributed by atoms with Crippen LogP contribution in [0.5, 0.6) is 0 Å². The minimum Gasteiger partial charge on any atom is -1.00 e. The van der Waals surface area contributed by atoms with Gasteiger partial charge in [0.2, 0.25) is 0 Å². The molecule has 0 fully saturated rings. The Balaban J connectivity index is 0.00000208. The molecule has 0 aliphatic heterocycles. The molecule has 1 heterocycles. The third-order valence-corrected chi connectivity index (χ3v) is 4.46. The zero-order chi connectivity index (χ0) is 16.4.